The number of ether oxygens (including phenoxy) is 4. The van der Waals surface area contributed by atoms with Crippen molar-refractivity contribution >= 4 is 16.4 Å². The molecule has 0 amide bonds. The highest BCUT2D eigenvalue weighted by Gasteiger charge is 2.48. The zero-order chi connectivity index (χ0) is 49.6. The highest BCUT2D eigenvalue weighted by Crippen LogP contribution is 2.26. The number of rotatable bonds is 46. The summed E-state index contributed by atoms with van der Waals surface area (Å²) in [5, 5.41) is 30.8. The molecule has 0 aromatic rings. The monoisotopic (exact) mass is 981 g/mol. The van der Waals surface area contributed by atoms with E-state index in [0.29, 0.717) is 13.0 Å². The molecule has 0 aromatic heterocycles. The van der Waals surface area contributed by atoms with Crippen molar-refractivity contribution in [2.24, 2.45) is 0 Å². The Labute approximate surface area is 413 Å². The molecule has 0 radical (unpaired) electrons. The minimum Gasteiger partial charge on any atom is -0.457 e. The Hall–Kier alpha value is -2.46. The molecule has 0 bridgehead atoms. The number of esters is 1. The molecule has 1 aliphatic rings. The normalized spacial score (nSPS) is 19.9. The summed E-state index contributed by atoms with van der Waals surface area (Å²) in [6.07, 6.45) is 50.8. The molecule has 0 aromatic carbocycles. The Morgan fingerprint density at radius 3 is 1.47 bits per heavy atom. The third kappa shape index (κ3) is 38.3. The van der Waals surface area contributed by atoms with E-state index in [4.69, 9.17) is 18.9 Å². The second kappa shape index (κ2) is 45.7. The van der Waals surface area contributed by atoms with Crippen LogP contribution in [0.1, 0.15) is 206 Å². The fraction of sp³-hybridized carbons (Fsp3) is 0.764. The van der Waals surface area contributed by atoms with Crippen LogP contribution in [0.5, 0.6) is 0 Å². The molecule has 6 atom stereocenters. The SMILES string of the molecule is CC/C=C\C/C=C\C/C=C\C/C=C\C/C=C\C/C=C\CCCCCOCC(COC1OC(CO)C(O)C(OS(=O)(=O)O)C1O)OC(=O)CCCCCCCCCCCCCCCCCCCCC. The van der Waals surface area contributed by atoms with Gasteiger partial charge in [-0.15, -0.1) is 0 Å². The van der Waals surface area contributed by atoms with Crippen LogP contribution in [0.4, 0.5) is 0 Å². The summed E-state index contributed by atoms with van der Waals surface area (Å²) in [5.74, 6) is -0.410. The summed E-state index contributed by atoms with van der Waals surface area (Å²) in [5.41, 5.74) is 0. The summed E-state index contributed by atoms with van der Waals surface area (Å²) in [6.45, 7) is 3.82. The van der Waals surface area contributed by atoms with E-state index in [9.17, 15) is 33.1 Å². The first kappa shape index (κ1) is 63.6. The van der Waals surface area contributed by atoms with E-state index in [1.54, 1.807) is 0 Å². The van der Waals surface area contributed by atoms with Crippen molar-refractivity contribution in [1.82, 2.24) is 0 Å². The minimum atomic E-state index is -5.07. The predicted octanol–water partition coefficient (Wildman–Crippen LogP) is 12.6. The topological polar surface area (TPSA) is 178 Å². The van der Waals surface area contributed by atoms with Gasteiger partial charge in [0.2, 0.25) is 0 Å². The lowest BCUT2D eigenvalue weighted by molar-refractivity contribution is -0.301. The first-order chi connectivity index (χ1) is 33.1. The van der Waals surface area contributed by atoms with E-state index in [0.717, 1.165) is 83.5 Å². The van der Waals surface area contributed by atoms with Gasteiger partial charge in [0.1, 0.15) is 30.5 Å². The van der Waals surface area contributed by atoms with Crippen molar-refractivity contribution in [2.75, 3.05) is 26.4 Å². The van der Waals surface area contributed by atoms with Crippen molar-refractivity contribution < 1.29 is 56.2 Å². The summed E-state index contributed by atoms with van der Waals surface area (Å²) in [4.78, 5) is 12.9. The van der Waals surface area contributed by atoms with Gasteiger partial charge < -0.3 is 34.3 Å². The summed E-state index contributed by atoms with van der Waals surface area (Å²) in [7, 11) is -5.07. The Kier molecular flexibility index (Phi) is 42.7. The van der Waals surface area contributed by atoms with Crippen LogP contribution < -0.4 is 0 Å². The Morgan fingerprint density at radius 2 is 1.01 bits per heavy atom. The van der Waals surface area contributed by atoms with Crippen LogP contribution in [0.2, 0.25) is 0 Å². The standard InChI is InChI=1S/C55H96O12S/c1-3-5-7-9-11-13-15-17-19-21-23-24-25-27-29-31-33-35-37-39-41-43-45-63-47-49(48-64-55-53(59)54(67-68(60,61)62)52(58)50(46-56)66-55)65-51(57)44-42-40-38-36-34-32-30-28-26-22-20-18-16-14-12-10-8-6-4-2/h5,7,11,13,17,19,23-24,27,29,33,35,49-50,52-56,58-59H,3-4,6,8-10,12,14-16,18,20-22,25-26,28,30-32,34,36-48H2,1-2H3,(H,60,61,62)/b7-5-,13-11-,19-17-,24-23-,29-27-,35-33-. The van der Waals surface area contributed by atoms with Crippen LogP contribution in [0.3, 0.4) is 0 Å². The molecule has 1 saturated heterocycles. The smallest absolute Gasteiger partial charge is 0.397 e. The molecule has 12 nitrogen and oxygen atoms in total. The number of carbonyl (C=O) groups excluding carboxylic acids is 1. The van der Waals surface area contributed by atoms with Gasteiger partial charge in [0.25, 0.3) is 0 Å². The van der Waals surface area contributed by atoms with E-state index < -0.39 is 59.8 Å². The number of hydrogen-bond acceptors (Lipinski definition) is 11. The summed E-state index contributed by atoms with van der Waals surface area (Å²) in [6, 6.07) is 0. The van der Waals surface area contributed by atoms with Gasteiger partial charge >= 0.3 is 16.4 Å². The highest BCUT2D eigenvalue weighted by molar-refractivity contribution is 7.80. The van der Waals surface area contributed by atoms with Gasteiger partial charge in [-0.2, -0.15) is 8.42 Å². The van der Waals surface area contributed by atoms with Gasteiger partial charge in [0, 0.05) is 13.0 Å². The summed E-state index contributed by atoms with van der Waals surface area (Å²) < 4.78 is 59.3. The minimum absolute atomic E-state index is 0.0118. The highest BCUT2D eigenvalue weighted by atomic mass is 32.3. The molecular weight excluding hydrogens is 885 g/mol. The van der Waals surface area contributed by atoms with Crippen molar-refractivity contribution in [1.29, 1.82) is 0 Å². The number of unbranched alkanes of at least 4 members (excludes halogenated alkanes) is 21. The zero-order valence-corrected chi connectivity index (χ0v) is 43.2. The Morgan fingerprint density at radius 1 is 0.574 bits per heavy atom. The lowest BCUT2D eigenvalue weighted by Gasteiger charge is -2.41. The third-order valence-electron chi connectivity index (χ3n) is 11.8. The van der Waals surface area contributed by atoms with E-state index in [1.165, 1.54) is 96.3 Å². The second-order valence-electron chi connectivity index (χ2n) is 18.1. The molecule has 0 aliphatic carbocycles. The molecule has 4 N–H and O–H groups in total. The summed E-state index contributed by atoms with van der Waals surface area (Å²) >= 11 is 0. The van der Waals surface area contributed by atoms with Crippen molar-refractivity contribution in [2.45, 2.75) is 243 Å². The first-order valence-corrected chi connectivity index (χ1v) is 28.1. The Bertz CT molecular complexity index is 1460. The largest absolute Gasteiger partial charge is 0.457 e. The molecule has 1 heterocycles. The molecule has 13 heteroatoms. The first-order valence-electron chi connectivity index (χ1n) is 26.7. The van der Waals surface area contributed by atoms with Gasteiger partial charge in [-0.25, -0.2) is 4.18 Å². The van der Waals surface area contributed by atoms with Crippen molar-refractivity contribution in [3.05, 3.63) is 72.9 Å². The Balaban J connectivity index is 2.38. The van der Waals surface area contributed by atoms with Crippen LogP contribution in [-0.4, -0.2) is 97.5 Å². The molecule has 68 heavy (non-hydrogen) atoms. The number of aliphatic hydroxyl groups excluding tert-OH is 3. The molecule has 0 saturated carbocycles. The molecule has 1 fully saturated rings. The maximum atomic E-state index is 12.9. The van der Waals surface area contributed by atoms with Crippen LogP contribution in [-0.2, 0) is 38.3 Å². The van der Waals surface area contributed by atoms with Gasteiger partial charge in [0.05, 0.1) is 19.8 Å². The predicted molar refractivity (Wildman–Crippen MR) is 276 cm³/mol. The quantitative estimate of drug-likeness (QED) is 0.0197. The van der Waals surface area contributed by atoms with Gasteiger partial charge in [0.15, 0.2) is 6.29 Å². The average Bonchev–Trinajstić information content (AvgIpc) is 3.31. The molecule has 1 rings (SSSR count). The number of allylic oxidation sites excluding steroid dienone is 12. The van der Waals surface area contributed by atoms with Crippen LogP contribution in [0.15, 0.2) is 72.9 Å². The van der Waals surface area contributed by atoms with E-state index in [2.05, 4.69) is 90.9 Å². The second-order valence-corrected chi connectivity index (χ2v) is 19.1. The van der Waals surface area contributed by atoms with Crippen LogP contribution >= 0.6 is 0 Å². The van der Waals surface area contributed by atoms with Gasteiger partial charge in [-0.05, 0) is 64.2 Å². The lowest BCUT2D eigenvalue weighted by atomic mass is 9.99. The van der Waals surface area contributed by atoms with Crippen LogP contribution in [0, 0.1) is 0 Å². The fourth-order valence-electron chi connectivity index (χ4n) is 7.85. The molecule has 6 unspecified atom stereocenters. The fourth-order valence-corrected chi connectivity index (χ4v) is 8.36. The zero-order valence-electron chi connectivity index (χ0n) is 42.4. The van der Waals surface area contributed by atoms with E-state index in [1.807, 2.05) is 0 Å². The van der Waals surface area contributed by atoms with Gasteiger partial charge in [-0.3, -0.25) is 9.35 Å². The van der Waals surface area contributed by atoms with Crippen molar-refractivity contribution in [3.63, 3.8) is 0 Å². The van der Waals surface area contributed by atoms with Crippen LogP contribution in [0.25, 0.3) is 0 Å². The van der Waals surface area contributed by atoms with Gasteiger partial charge in [-0.1, -0.05) is 209 Å². The van der Waals surface area contributed by atoms with E-state index >= 15 is 0 Å². The molecule has 1 aliphatic heterocycles. The average molecular weight is 981 g/mol. The maximum absolute atomic E-state index is 12.9. The number of carbonyl (C=O) groups is 1. The molecule has 394 valence electrons. The number of aliphatic hydroxyl groups is 3. The van der Waals surface area contributed by atoms with E-state index in [-0.39, 0.29) is 19.6 Å². The van der Waals surface area contributed by atoms with Crippen molar-refractivity contribution in [3.8, 4) is 0 Å². The maximum Gasteiger partial charge on any atom is 0.397 e. The molecule has 0 spiro atoms. The third-order valence-corrected chi connectivity index (χ3v) is 12.3. The lowest BCUT2D eigenvalue weighted by Crippen LogP contribution is -2.60. The number of hydrogen-bond donors (Lipinski definition) is 4. The molecular formula is C55H96O12S.